The van der Waals surface area contributed by atoms with Crippen LogP contribution in [0, 0.1) is 0 Å². The molecule has 0 saturated carbocycles. The van der Waals surface area contributed by atoms with E-state index in [1.165, 1.54) is 0 Å². The van der Waals surface area contributed by atoms with Crippen LogP contribution in [0.1, 0.15) is 6.42 Å². The number of β-amino-alcohol motifs (C(OH)–C–C–N with tert-alkyl or cyclic N) is 1. The van der Waals surface area contributed by atoms with E-state index in [9.17, 15) is 5.11 Å². The molecule has 0 amide bonds. The summed E-state index contributed by atoms with van der Waals surface area (Å²) < 4.78 is 0. The van der Waals surface area contributed by atoms with Crippen LogP contribution in [0.25, 0.3) is 0 Å². The van der Waals surface area contributed by atoms with E-state index < -0.39 is 0 Å². The molecule has 2 heterocycles. The topological polar surface area (TPSA) is 52.5 Å². The summed E-state index contributed by atoms with van der Waals surface area (Å²) in [6.45, 7) is 1.57. The number of likely N-dealkylation sites (N-methyl/N-ethyl adjacent to an activating group) is 1. The van der Waals surface area contributed by atoms with Gasteiger partial charge in [0.2, 0.25) is 0 Å². The molecule has 2 rings (SSSR count). The average molecular weight is 222 g/mol. The van der Waals surface area contributed by atoms with E-state index in [1.54, 1.807) is 6.20 Å². The van der Waals surface area contributed by atoms with Crippen LogP contribution >= 0.6 is 0 Å². The second-order valence-electron chi connectivity index (χ2n) is 4.54. The highest BCUT2D eigenvalue weighted by Gasteiger charge is 2.31. The van der Waals surface area contributed by atoms with Gasteiger partial charge in [-0.15, -0.1) is 5.10 Å². The average Bonchev–Trinajstić information content (AvgIpc) is 2.60. The summed E-state index contributed by atoms with van der Waals surface area (Å²) in [6, 6.07) is 4.13. The van der Waals surface area contributed by atoms with Gasteiger partial charge in [-0.2, -0.15) is 5.10 Å². The smallest absolute Gasteiger partial charge is 0.151 e. The van der Waals surface area contributed by atoms with Gasteiger partial charge in [0.1, 0.15) is 0 Å². The van der Waals surface area contributed by atoms with Gasteiger partial charge in [-0.3, -0.25) is 0 Å². The minimum atomic E-state index is -0.257. The van der Waals surface area contributed by atoms with Gasteiger partial charge < -0.3 is 14.9 Å². The van der Waals surface area contributed by atoms with Crippen molar-refractivity contribution >= 4 is 5.82 Å². The second-order valence-corrected chi connectivity index (χ2v) is 4.54. The van der Waals surface area contributed by atoms with Crippen molar-refractivity contribution < 1.29 is 5.11 Å². The molecule has 16 heavy (non-hydrogen) atoms. The van der Waals surface area contributed by atoms with Crippen molar-refractivity contribution in [2.45, 2.75) is 18.6 Å². The first-order chi connectivity index (χ1) is 7.66. The molecule has 1 aliphatic rings. The van der Waals surface area contributed by atoms with Crippen LogP contribution in [0.15, 0.2) is 18.3 Å². The van der Waals surface area contributed by atoms with Crippen LogP contribution < -0.4 is 4.90 Å². The van der Waals surface area contributed by atoms with E-state index in [-0.39, 0.29) is 6.10 Å². The molecular weight excluding hydrogens is 204 g/mol. The van der Waals surface area contributed by atoms with Crippen molar-refractivity contribution in [2.75, 3.05) is 32.1 Å². The Morgan fingerprint density at radius 3 is 3.00 bits per heavy atom. The third-order valence-corrected chi connectivity index (χ3v) is 2.82. The van der Waals surface area contributed by atoms with Gasteiger partial charge in [-0.1, -0.05) is 0 Å². The molecule has 1 saturated heterocycles. The number of aromatic nitrogens is 2. The van der Waals surface area contributed by atoms with Crippen LogP contribution in [-0.4, -0.2) is 59.5 Å². The Morgan fingerprint density at radius 1 is 1.56 bits per heavy atom. The number of hydrogen-bond donors (Lipinski definition) is 1. The van der Waals surface area contributed by atoms with E-state index in [2.05, 4.69) is 20.0 Å². The minimum absolute atomic E-state index is 0.257. The first-order valence-corrected chi connectivity index (χ1v) is 5.54. The van der Waals surface area contributed by atoms with Crippen molar-refractivity contribution in [2.24, 2.45) is 0 Å². The lowest BCUT2D eigenvalue weighted by Crippen LogP contribution is -2.38. The maximum Gasteiger partial charge on any atom is 0.151 e. The minimum Gasteiger partial charge on any atom is -0.391 e. The van der Waals surface area contributed by atoms with Gasteiger partial charge in [0.25, 0.3) is 0 Å². The van der Waals surface area contributed by atoms with Crippen molar-refractivity contribution in [1.82, 2.24) is 15.1 Å². The zero-order chi connectivity index (χ0) is 11.5. The van der Waals surface area contributed by atoms with Crippen LogP contribution in [0.3, 0.4) is 0 Å². The highest BCUT2D eigenvalue weighted by atomic mass is 16.3. The Labute approximate surface area is 95.7 Å². The second kappa shape index (κ2) is 4.76. The standard InChI is InChI=1S/C11H18N4O/c1-14(2)7-9-6-10(16)8-15(9)11-4-3-5-12-13-11/h3-5,9-10,16H,6-8H2,1-2H3. The van der Waals surface area contributed by atoms with Crippen LogP contribution in [0.5, 0.6) is 0 Å². The Hall–Kier alpha value is -1.20. The molecule has 0 aliphatic carbocycles. The molecule has 1 N–H and O–H groups in total. The summed E-state index contributed by atoms with van der Waals surface area (Å²) in [7, 11) is 4.08. The Kier molecular flexibility index (Phi) is 3.36. The summed E-state index contributed by atoms with van der Waals surface area (Å²) in [5, 5.41) is 17.7. The van der Waals surface area contributed by atoms with Crippen molar-refractivity contribution in [3.8, 4) is 0 Å². The predicted octanol–water partition coefficient (Wildman–Crippen LogP) is -0.0222. The third-order valence-electron chi connectivity index (χ3n) is 2.82. The van der Waals surface area contributed by atoms with Gasteiger partial charge in [0.05, 0.1) is 6.10 Å². The molecule has 0 spiro atoms. The van der Waals surface area contributed by atoms with E-state index in [0.29, 0.717) is 12.6 Å². The molecular formula is C11H18N4O. The lowest BCUT2D eigenvalue weighted by molar-refractivity contribution is 0.191. The molecule has 1 fully saturated rings. The van der Waals surface area contributed by atoms with Crippen LogP contribution in [0.4, 0.5) is 5.82 Å². The third kappa shape index (κ3) is 2.48. The first kappa shape index (κ1) is 11.3. The predicted molar refractivity (Wildman–Crippen MR) is 62.3 cm³/mol. The molecule has 5 nitrogen and oxygen atoms in total. The summed E-state index contributed by atoms with van der Waals surface area (Å²) in [4.78, 5) is 4.27. The SMILES string of the molecule is CN(C)CC1CC(O)CN1c1cccnn1. The van der Waals surface area contributed by atoms with E-state index >= 15 is 0 Å². The number of aliphatic hydroxyl groups is 1. The fraction of sp³-hybridized carbons (Fsp3) is 0.636. The maximum atomic E-state index is 9.74. The van der Waals surface area contributed by atoms with Crippen molar-refractivity contribution in [3.63, 3.8) is 0 Å². The lowest BCUT2D eigenvalue weighted by atomic mass is 10.2. The molecule has 0 bridgehead atoms. The molecule has 2 atom stereocenters. The number of aliphatic hydroxyl groups excluding tert-OH is 1. The number of hydrogen-bond acceptors (Lipinski definition) is 5. The van der Waals surface area contributed by atoms with E-state index in [4.69, 9.17) is 0 Å². The summed E-state index contributed by atoms with van der Waals surface area (Å²) >= 11 is 0. The number of rotatable bonds is 3. The first-order valence-electron chi connectivity index (χ1n) is 5.54. The van der Waals surface area contributed by atoms with E-state index in [1.807, 2.05) is 26.2 Å². The summed E-state index contributed by atoms with van der Waals surface area (Å²) in [6.07, 6.45) is 2.21. The molecule has 5 heteroatoms. The fourth-order valence-electron chi connectivity index (χ4n) is 2.21. The zero-order valence-corrected chi connectivity index (χ0v) is 9.74. The largest absolute Gasteiger partial charge is 0.391 e. The maximum absolute atomic E-state index is 9.74. The molecule has 1 aromatic heterocycles. The molecule has 0 aromatic carbocycles. The van der Waals surface area contributed by atoms with Crippen LogP contribution in [0.2, 0.25) is 0 Å². The number of nitrogens with zero attached hydrogens (tertiary/aromatic N) is 4. The Morgan fingerprint density at radius 2 is 2.38 bits per heavy atom. The summed E-state index contributed by atoms with van der Waals surface area (Å²) in [5.74, 6) is 0.853. The molecule has 2 unspecified atom stereocenters. The normalized spacial score (nSPS) is 25.4. The summed E-state index contributed by atoms with van der Waals surface area (Å²) in [5.41, 5.74) is 0. The van der Waals surface area contributed by atoms with Gasteiger partial charge in [-0.05, 0) is 32.6 Å². The van der Waals surface area contributed by atoms with Gasteiger partial charge in [-0.25, -0.2) is 0 Å². The monoisotopic (exact) mass is 222 g/mol. The zero-order valence-electron chi connectivity index (χ0n) is 9.74. The van der Waals surface area contributed by atoms with Crippen molar-refractivity contribution in [1.29, 1.82) is 0 Å². The molecule has 88 valence electrons. The molecule has 0 radical (unpaired) electrons. The van der Waals surface area contributed by atoms with Gasteiger partial charge in [0, 0.05) is 25.3 Å². The molecule has 1 aromatic rings. The lowest BCUT2D eigenvalue weighted by Gasteiger charge is -2.27. The van der Waals surface area contributed by atoms with E-state index in [0.717, 1.165) is 18.8 Å². The Bertz CT molecular complexity index is 330. The number of anilines is 1. The fourth-order valence-corrected chi connectivity index (χ4v) is 2.21. The van der Waals surface area contributed by atoms with Gasteiger partial charge >= 0.3 is 0 Å². The van der Waals surface area contributed by atoms with Crippen molar-refractivity contribution in [3.05, 3.63) is 18.3 Å². The quantitative estimate of drug-likeness (QED) is 0.779. The highest BCUT2D eigenvalue weighted by molar-refractivity contribution is 5.40. The van der Waals surface area contributed by atoms with Crippen LogP contribution in [-0.2, 0) is 0 Å². The van der Waals surface area contributed by atoms with Gasteiger partial charge in [0.15, 0.2) is 5.82 Å². The molecule has 1 aliphatic heterocycles. The highest BCUT2D eigenvalue weighted by Crippen LogP contribution is 2.23. The Balaban J connectivity index is 2.12.